The number of aryl methyl sites for hydroxylation is 2. The van der Waals surface area contributed by atoms with Gasteiger partial charge >= 0.3 is 0 Å². The summed E-state index contributed by atoms with van der Waals surface area (Å²) < 4.78 is 22.6. The Balaban J connectivity index is 1.58. The average Bonchev–Trinajstić information content (AvgIpc) is 2.76. The van der Waals surface area contributed by atoms with E-state index in [1.54, 1.807) is 43.5 Å². The van der Waals surface area contributed by atoms with E-state index in [0.717, 1.165) is 5.56 Å². The van der Waals surface area contributed by atoms with Crippen LogP contribution in [0.2, 0.25) is 0 Å². The van der Waals surface area contributed by atoms with Crippen molar-refractivity contribution in [1.29, 1.82) is 0 Å². The third-order valence-electron chi connectivity index (χ3n) is 4.90. The predicted molar refractivity (Wildman–Crippen MR) is 116 cm³/mol. The molecule has 3 aromatic carbocycles. The first kappa shape index (κ1) is 19.6. The van der Waals surface area contributed by atoms with Crippen LogP contribution in [0.3, 0.4) is 0 Å². The molecule has 0 radical (unpaired) electrons. The molecular formula is C25H22O5. The van der Waals surface area contributed by atoms with Crippen molar-refractivity contribution in [2.45, 2.75) is 20.5 Å². The summed E-state index contributed by atoms with van der Waals surface area (Å²) in [5.74, 6) is 1.70. The van der Waals surface area contributed by atoms with Gasteiger partial charge in [0.1, 0.15) is 24.2 Å². The Kier molecular flexibility index (Phi) is 5.44. The van der Waals surface area contributed by atoms with Gasteiger partial charge in [-0.2, -0.15) is 0 Å². The van der Waals surface area contributed by atoms with Gasteiger partial charge in [0.2, 0.25) is 11.2 Å². The van der Waals surface area contributed by atoms with Crippen LogP contribution in [0.5, 0.6) is 23.0 Å². The molecule has 0 saturated heterocycles. The Hall–Kier alpha value is -3.73. The molecule has 0 spiro atoms. The quantitative estimate of drug-likeness (QED) is 0.409. The Bertz CT molecular complexity index is 1260. The van der Waals surface area contributed by atoms with Crippen molar-refractivity contribution >= 4 is 11.0 Å². The van der Waals surface area contributed by atoms with Gasteiger partial charge in [-0.25, -0.2) is 0 Å². The second-order valence-corrected chi connectivity index (χ2v) is 7.06. The first-order valence-corrected chi connectivity index (χ1v) is 9.60. The highest BCUT2D eigenvalue weighted by molar-refractivity contribution is 5.79. The van der Waals surface area contributed by atoms with E-state index in [1.807, 2.05) is 6.07 Å². The molecule has 1 heterocycles. The fourth-order valence-corrected chi connectivity index (χ4v) is 3.19. The molecule has 4 aromatic rings. The summed E-state index contributed by atoms with van der Waals surface area (Å²) in [7, 11) is 1.55. The Morgan fingerprint density at radius 3 is 2.50 bits per heavy atom. The van der Waals surface area contributed by atoms with Crippen LogP contribution in [0, 0.1) is 13.8 Å². The number of ether oxygens (including phenoxy) is 3. The second-order valence-electron chi connectivity index (χ2n) is 7.06. The first-order valence-electron chi connectivity index (χ1n) is 9.60. The van der Waals surface area contributed by atoms with Crippen molar-refractivity contribution in [3.8, 4) is 23.0 Å². The van der Waals surface area contributed by atoms with Crippen LogP contribution in [0.4, 0.5) is 0 Å². The first-order chi connectivity index (χ1) is 14.5. The summed E-state index contributed by atoms with van der Waals surface area (Å²) in [6, 6.07) is 18.6. The average molecular weight is 402 g/mol. The van der Waals surface area contributed by atoms with Crippen LogP contribution < -0.4 is 19.6 Å². The second kappa shape index (κ2) is 8.33. The summed E-state index contributed by atoms with van der Waals surface area (Å²) in [5.41, 5.74) is 3.66. The molecule has 30 heavy (non-hydrogen) atoms. The lowest BCUT2D eigenvalue weighted by atomic mass is 10.1. The van der Waals surface area contributed by atoms with Gasteiger partial charge in [0.25, 0.3) is 0 Å². The highest BCUT2D eigenvalue weighted by atomic mass is 16.5. The number of hydrogen-bond acceptors (Lipinski definition) is 5. The molecule has 0 aliphatic rings. The monoisotopic (exact) mass is 402 g/mol. The van der Waals surface area contributed by atoms with Crippen molar-refractivity contribution in [2.75, 3.05) is 7.11 Å². The van der Waals surface area contributed by atoms with Crippen molar-refractivity contribution in [3.63, 3.8) is 0 Å². The van der Waals surface area contributed by atoms with Crippen LogP contribution in [0.15, 0.2) is 76.1 Å². The molecule has 0 N–H and O–H groups in total. The molecular weight excluding hydrogens is 380 g/mol. The van der Waals surface area contributed by atoms with Gasteiger partial charge < -0.3 is 18.6 Å². The molecule has 0 atom stereocenters. The highest BCUT2D eigenvalue weighted by Crippen LogP contribution is 2.30. The van der Waals surface area contributed by atoms with E-state index in [9.17, 15) is 4.79 Å². The minimum absolute atomic E-state index is 0.0936. The van der Waals surface area contributed by atoms with E-state index in [1.165, 1.54) is 17.4 Å². The van der Waals surface area contributed by atoms with Gasteiger partial charge in [-0.15, -0.1) is 0 Å². The summed E-state index contributed by atoms with van der Waals surface area (Å²) in [6.07, 6.45) is 1.31. The summed E-state index contributed by atoms with van der Waals surface area (Å²) in [4.78, 5) is 12.8. The van der Waals surface area contributed by atoms with Gasteiger partial charge in [-0.3, -0.25) is 4.79 Å². The molecule has 0 fully saturated rings. The number of para-hydroxylation sites is 2. The maximum atomic E-state index is 12.8. The highest BCUT2D eigenvalue weighted by Gasteiger charge is 2.12. The topological polar surface area (TPSA) is 57.9 Å². The molecule has 152 valence electrons. The molecule has 0 unspecified atom stereocenters. The number of methoxy groups -OCH3 is 1. The van der Waals surface area contributed by atoms with Gasteiger partial charge in [0.05, 0.1) is 12.5 Å². The van der Waals surface area contributed by atoms with Crippen molar-refractivity contribution in [1.82, 2.24) is 0 Å². The summed E-state index contributed by atoms with van der Waals surface area (Å²) in [6.45, 7) is 4.55. The van der Waals surface area contributed by atoms with Crippen LogP contribution in [0.1, 0.15) is 16.7 Å². The number of rotatable bonds is 6. The third-order valence-corrected chi connectivity index (χ3v) is 4.90. The van der Waals surface area contributed by atoms with Crippen molar-refractivity contribution in [3.05, 3.63) is 93.8 Å². The van der Waals surface area contributed by atoms with E-state index < -0.39 is 0 Å². The normalized spacial score (nSPS) is 10.8. The molecule has 0 aliphatic heterocycles. The van der Waals surface area contributed by atoms with E-state index in [0.29, 0.717) is 34.8 Å². The van der Waals surface area contributed by atoms with Gasteiger partial charge in [0.15, 0.2) is 11.5 Å². The van der Waals surface area contributed by atoms with Crippen molar-refractivity contribution < 1.29 is 18.6 Å². The van der Waals surface area contributed by atoms with E-state index in [2.05, 4.69) is 32.0 Å². The Morgan fingerprint density at radius 1 is 0.900 bits per heavy atom. The largest absolute Gasteiger partial charge is 0.493 e. The smallest absolute Gasteiger partial charge is 0.235 e. The SMILES string of the molecule is COc1ccccc1Oc1coc2cc(OCc3cc(C)ccc3C)ccc2c1=O. The number of benzene rings is 3. The van der Waals surface area contributed by atoms with Crippen LogP contribution >= 0.6 is 0 Å². The molecule has 5 nitrogen and oxygen atoms in total. The molecule has 0 bridgehead atoms. The Morgan fingerprint density at radius 2 is 1.70 bits per heavy atom. The molecule has 0 aliphatic carbocycles. The zero-order chi connectivity index (χ0) is 21.1. The minimum atomic E-state index is -0.261. The van der Waals surface area contributed by atoms with Gasteiger partial charge in [-0.1, -0.05) is 35.9 Å². The maximum Gasteiger partial charge on any atom is 0.235 e. The van der Waals surface area contributed by atoms with Crippen LogP contribution in [-0.2, 0) is 6.61 Å². The zero-order valence-corrected chi connectivity index (χ0v) is 17.1. The Labute approximate surface area is 174 Å². The summed E-state index contributed by atoms with van der Waals surface area (Å²) in [5, 5.41) is 0.418. The maximum absolute atomic E-state index is 12.8. The van der Waals surface area contributed by atoms with Gasteiger partial charge in [-0.05, 0) is 49.2 Å². The molecule has 0 saturated carbocycles. The zero-order valence-electron chi connectivity index (χ0n) is 17.1. The van der Waals surface area contributed by atoms with Crippen LogP contribution in [-0.4, -0.2) is 7.11 Å². The van der Waals surface area contributed by atoms with Gasteiger partial charge in [0, 0.05) is 6.07 Å². The molecule has 0 amide bonds. The number of hydrogen-bond donors (Lipinski definition) is 0. The lowest BCUT2D eigenvalue weighted by Crippen LogP contribution is -2.05. The number of fused-ring (bicyclic) bond motifs is 1. The minimum Gasteiger partial charge on any atom is -0.493 e. The molecule has 5 heteroatoms. The third kappa shape index (κ3) is 4.01. The fourth-order valence-electron chi connectivity index (χ4n) is 3.19. The molecule has 1 aromatic heterocycles. The lowest BCUT2D eigenvalue weighted by molar-refractivity contribution is 0.305. The van der Waals surface area contributed by atoms with E-state index in [4.69, 9.17) is 18.6 Å². The fraction of sp³-hybridized carbons (Fsp3) is 0.160. The van der Waals surface area contributed by atoms with Crippen molar-refractivity contribution in [2.24, 2.45) is 0 Å². The summed E-state index contributed by atoms with van der Waals surface area (Å²) >= 11 is 0. The van der Waals surface area contributed by atoms with Crippen LogP contribution in [0.25, 0.3) is 11.0 Å². The molecule has 4 rings (SSSR count). The van der Waals surface area contributed by atoms with E-state index >= 15 is 0 Å². The lowest BCUT2D eigenvalue weighted by Gasteiger charge is -2.11. The predicted octanol–water partition coefficient (Wildman–Crippen LogP) is 5.79. The van der Waals surface area contributed by atoms with E-state index in [-0.39, 0.29) is 11.2 Å². The standard InChI is InChI=1S/C25H22O5/c1-16-8-9-17(2)18(12-16)14-28-19-10-11-20-23(13-19)29-15-24(25(20)26)30-22-7-5-4-6-21(22)27-3/h4-13,15H,14H2,1-3H3.